The summed E-state index contributed by atoms with van der Waals surface area (Å²) in [4.78, 5) is 39.1. The van der Waals surface area contributed by atoms with Crippen LogP contribution in [0.1, 0.15) is 43.0 Å². The summed E-state index contributed by atoms with van der Waals surface area (Å²) < 4.78 is 11.1. The highest BCUT2D eigenvalue weighted by Gasteiger charge is 2.44. The number of hydrogen-bond donors (Lipinski definition) is 1. The smallest absolute Gasteiger partial charge is 0.242 e. The van der Waals surface area contributed by atoms with Crippen molar-refractivity contribution in [2.24, 2.45) is 0 Å². The van der Waals surface area contributed by atoms with Gasteiger partial charge in [-0.2, -0.15) is 0 Å². The molecule has 0 aromatic heterocycles. The predicted molar refractivity (Wildman–Crippen MR) is 98.7 cm³/mol. The van der Waals surface area contributed by atoms with Gasteiger partial charge in [-0.15, -0.1) is 0 Å². The van der Waals surface area contributed by atoms with Crippen LogP contribution in [0.2, 0.25) is 0 Å². The first-order valence-corrected chi connectivity index (χ1v) is 9.33. The van der Waals surface area contributed by atoms with Gasteiger partial charge in [-0.25, -0.2) is 0 Å². The molecule has 2 atom stereocenters. The number of carbonyl (C=O) groups excluding carboxylic acids is 3. The van der Waals surface area contributed by atoms with E-state index in [-0.39, 0.29) is 30.4 Å². The van der Waals surface area contributed by atoms with Crippen LogP contribution in [-0.2, 0) is 14.3 Å². The number of carbonyl (C=O) groups is 3. The Labute approximate surface area is 159 Å². The monoisotopic (exact) mass is 374 g/mol. The van der Waals surface area contributed by atoms with E-state index in [9.17, 15) is 14.4 Å². The molecule has 2 amide bonds. The Hall–Kier alpha value is -2.41. The van der Waals surface area contributed by atoms with E-state index in [1.807, 2.05) is 12.1 Å². The maximum atomic E-state index is 12.6. The third-order valence-corrected chi connectivity index (χ3v) is 5.37. The summed E-state index contributed by atoms with van der Waals surface area (Å²) in [7, 11) is 1.57. The zero-order valence-corrected chi connectivity index (χ0v) is 15.8. The molecule has 1 saturated heterocycles. The van der Waals surface area contributed by atoms with E-state index < -0.39 is 11.6 Å². The molecule has 3 rings (SSSR count). The quantitative estimate of drug-likeness (QED) is 0.791. The number of amides is 2. The van der Waals surface area contributed by atoms with Crippen LogP contribution in [0, 0.1) is 0 Å². The number of ketones is 1. The SMILES string of the molecule is COCCNC(=O)C(C)N1CCC2(CCC1=O)CC(=O)c1ccccc1O2. The Bertz CT molecular complexity index is 735. The molecular formula is C20H26N2O5. The number of para-hydroxylation sites is 1. The van der Waals surface area contributed by atoms with E-state index in [1.165, 1.54) is 0 Å². The zero-order valence-electron chi connectivity index (χ0n) is 15.8. The summed E-state index contributed by atoms with van der Waals surface area (Å²) in [6.45, 7) is 2.93. The third-order valence-electron chi connectivity index (χ3n) is 5.37. The summed E-state index contributed by atoms with van der Waals surface area (Å²) >= 11 is 0. The molecule has 0 radical (unpaired) electrons. The molecule has 0 bridgehead atoms. The van der Waals surface area contributed by atoms with Crippen molar-refractivity contribution in [1.82, 2.24) is 10.2 Å². The number of likely N-dealkylation sites (tertiary alicyclic amines) is 1. The number of hydrogen-bond acceptors (Lipinski definition) is 5. The zero-order chi connectivity index (χ0) is 19.4. The van der Waals surface area contributed by atoms with Crippen LogP contribution < -0.4 is 10.1 Å². The molecule has 1 spiro atoms. The predicted octanol–water partition coefficient (Wildman–Crippen LogP) is 1.55. The van der Waals surface area contributed by atoms with Crippen molar-refractivity contribution in [2.45, 2.75) is 44.2 Å². The average Bonchev–Trinajstić information content (AvgIpc) is 2.81. The topological polar surface area (TPSA) is 84.9 Å². The van der Waals surface area contributed by atoms with Crippen LogP contribution in [0.15, 0.2) is 24.3 Å². The summed E-state index contributed by atoms with van der Waals surface area (Å²) in [5.41, 5.74) is -0.0799. The fraction of sp³-hybridized carbons (Fsp3) is 0.550. The number of fused-ring (bicyclic) bond motifs is 1. The summed E-state index contributed by atoms with van der Waals surface area (Å²) in [5, 5.41) is 2.77. The average molecular weight is 374 g/mol. The van der Waals surface area contributed by atoms with Gasteiger partial charge in [0.1, 0.15) is 17.4 Å². The minimum atomic E-state index is -0.678. The standard InChI is InChI=1S/C20H26N2O5/c1-14(19(25)21-10-12-26-2)22-11-9-20(8-7-18(22)24)13-16(23)15-5-3-4-6-17(15)27-20/h3-6,14H,7-13H2,1-2H3,(H,21,25). The lowest BCUT2D eigenvalue weighted by molar-refractivity contribution is -0.139. The molecule has 1 N–H and O–H groups in total. The lowest BCUT2D eigenvalue weighted by Crippen LogP contribution is -2.49. The van der Waals surface area contributed by atoms with Gasteiger partial charge in [0, 0.05) is 33.0 Å². The Morgan fingerprint density at radius 1 is 1.33 bits per heavy atom. The van der Waals surface area contributed by atoms with Crippen LogP contribution in [0.5, 0.6) is 5.75 Å². The maximum Gasteiger partial charge on any atom is 0.242 e. The molecular weight excluding hydrogens is 348 g/mol. The van der Waals surface area contributed by atoms with Crippen LogP contribution >= 0.6 is 0 Å². The number of methoxy groups -OCH3 is 1. The Balaban J connectivity index is 1.70. The second-order valence-electron chi connectivity index (χ2n) is 7.18. The van der Waals surface area contributed by atoms with Gasteiger partial charge in [-0.05, 0) is 25.5 Å². The maximum absolute atomic E-state index is 12.6. The van der Waals surface area contributed by atoms with Crippen molar-refractivity contribution >= 4 is 17.6 Å². The van der Waals surface area contributed by atoms with E-state index >= 15 is 0 Å². The van der Waals surface area contributed by atoms with Crippen molar-refractivity contribution < 1.29 is 23.9 Å². The molecule has 0 saturated carbocycles. The second kappa shape index (κ2) is 8.08. The Kier molecular flexibility index (Phi) is 5.79. The van der Waals surface area contributed by atoms with Gasteiger partial charge in [0.15, 0.2) is 5.78 Å². The van der Waals surface area contributed by atoms with E-state index in [0.717, 1.165) is 0 Å². The highest BCUT2D eigenvalue weighted by Crippen LogP contribution is 2.39. The minimum absolute atomic E-state index is 0.0445. The van der Waals surface area contributed by atoms with Crippen molar-refractivity contribution in [3.05, 3.63) is 29.8 Å². The fourth-order valence-corrected chi connectivity index (χ4v) is 3.75. The lowest BCUT2D eigenvalue weighted by Gasteiger charge is -2.37. The van der Waals surface area contributed by atoms with Gasteiger partial charge in [0.25, 0.3) is 0 Å². The molecule has 2 aliphatic heterocycles. The number of Topliss-reactive ketones (excluding diaryl/α,β-unsaturated/α-hetero) is 1. The van der Waals surface area contributed by atoms with Gasteiger partial charge in [-0.1, -0.05) is 12.1 Å². The van der Waals surface area contributed by atoms with Crippen LogP contribution in [0.4, 0.5) is 0 Å². The molecule has 1 fully saturated rings. The van der Waals surface area contributed by atoms with Gasteiger partial charge in [-0.3, -0.25) is 14.4 Å². The molecule has 1 aromatic carbocycles. The number of nitrogens with one attached hydrogen (secondary N) is 1. The number of rotatable bonds is 5. The van der Waals surface area contributed by atoms with E-state index in [4.69, 9.17) is 9.47 Å². The first-order valence-electron chi connectivity index (χ1n) is 9.33. The molecule has 0 aliphatic carbocycles. The summed E-state index contributed by atoms with van der Waals surface area (Å²) in [5.74, 6) is 0.335. The molecule has 2 unspecified atom stereocenters. The molecule has 146 valence electrons. The highest BCUT2D eigenvalue weighted by molar-refractivity contribution is 6.00. The van der Waals surface area contributed by atoms with Gasteiger partial charge in [0.05, 0.1) is 18.6 Å². The van der Waals surface area contributed by atoms with Crippen molar-refractivity contribution in [1.29, 1.82) is 0 Å². The van der Waals surface area contributed by atoms with Gasteiger partial charge in [0.2, 0.25) is 11.8 Å². The van der Waals surface area contributed by atoms with E-state index in [0.29, 0.717) is 43.9 Å². The molecule has 2 aliphatic rings. The van der Waals surface area contributed by atoms with Crippen LogP contribution in [-0.4, -0.2) is 60.9 Å². The van der Waals surface area contributed by atoms with Crippen molar-refractivity contribution in [3.63, 3.8) is 0 Å². The number of nitrogens with zero attached hydrogens (tertiary/aromatic N) is 1. The Morgan fingerprint density at radius 3 is 2.89 bits per heavy atom. The lowest BCUT2D eigenvalue weighted by atomic mass is 9.84. The number of ether oxygens (including phenoxy) is 2. The highest BCUT2D eigenvalue weighted by atomic mass is 16.5. The van der Waals surface area contributed by atoms with Gasteiger partial charge < -0.3 is 19.7 Å². The molecule has 2 heterocycles. The van der Waals surface area contributed by atoms with Crippen LogP contribution in [0.25, 0.3) is 0 Å². The van der Waals surface area contributed by atoms with E-state index in [2.05, 4.69) is 5.32 Å². The number of benzene rings is 1. The second-order valence-corrected chi connectivity index (χ2v) is 7.18. The minimum Gasteiger partial charge on any atom is -0.486 e. The van der Waals surface area contributed by atoms with Crippen LogP contribution in [0.3, 0.4) is 0 Å². The molecule has 7 heteroatoms. The fourth-order valence-electron chi connectivity index (χ4n) is 3.75. The summed E-state index contributed by atoms with van der Waals surface area (Å²) in [6.07, 6.45) is 1.51. The summed E-state index contributed by atoms with van der Waals surface area (Å²) in [6, 6.07) is 6.65. The van der Waals surface area contributed by atoms with Crippen molar-refractivity contribution in [2.75, 3.05) is 26.8 Å². The Morgan fingerprint density at radius 2 is 2.11 bits per heavy atom. The molecule has 7 nitrogen and oxygen atoms in total. The first-order chi connectivity index (χ1) is 13.0. The third kappa shape index (κ3) is 4.13. The largest absolute Gasteiger partial charge is 0.486 e. The molecule has 27 heavy (non-hydrogen) atoms. The molecule has 1 aromatic rings. The first kappa shape index (κ1) is 19.4. The van der Waals surface area contributed by atoms with Gasteiger partial charge >= 0.3 is 0 Å². The van der Waals surface area contributed by atoms with Crippen molar-refractivity contribution in [3.8, 4) is 5.75 Å². The normalized spacial score (nSPS) is 23.4. The van der Waals surface area contributed by atoms with E-state index in [1.54, 1.807) is 31.1 Å².